The molecule has 130 valence electrons. The number of anilines is 3. The third-order valence-corrected chi connectivity index (χ3v) is 4.30. The van der Waals surface area contributed by atoms with Crippen molar-refractivity contribution in [3.8, 4) is 0 Å². The summed E-state index contributed by atoms with van der Waals surface area (Å²) in [5.74, 6) is 1.46. The monoisotopic (exact) mass is 347 g/mol. The summed E-state index contributed by atoms with van der Waals surface area (Å²) >= 11 is 0. The van der Waals surface area contributed by atoms with Crippen molar-refractivity contribution in [2.45, 2.75) is 39.5 Å². The molecule has 0 spiro atoms. The number of benzene rings is 1. The van der Waals surface area contributed by atoms with Gasteiger partial charge in [0, 0.05) is 5.69 Å². The Balaban J connectivity index is 2.34. The van der Waals surface area contributed by atoms with Crippen molar-refractivity contribution < 1.29 is 8.42 Å². The molecule has 0 radical (unpaired) electrons. The minimum Gasteiger partial charge on any atom is -0.340 e. The summed E-state index contributed by atoms with van der Waals surface area (Å²) in [6.45, 7) is 8.66. The van der Waals surface area contributed by atoms with Gasteiger partial charge >= 0.3 is 0 Å². The quantitative estimate of drug-likeness (QED) is 0.810. The van der Waals surface area contributed by atoms with Crippen molar-refractivity contribution in [2.24, 2.45) is 0 Å². The van der Waals surface area contributed by atoms with Crippen molar-refractivity contribution in [3.63, 3.8) is 0 Å². The third-order valence-electron chi connectivity index (χ3n) is 3.69. The lowest BCUT2D eigenvalue weighted by Crippen LogP contribution is -2.10. The molecule has 1 aromatic heterocycles. The van der Waals surface area contributed by atoms with E-state index in [1.165, 1.54) is 17.3 Å². The van der Waals surface area contributed by atoms with Gasteiger partial charge in [-0.25, -0.2) is 13.4 Å². The first-order valence-corrected chi connectivity index (χ1v) is 9.90. The molecule has 2 aromatic rings. The number of rotatable bonds is 6. The Morgan fingerprint density at radius 3 is 1.96 bits per heavy atom. The predicted octanol–water partition coefficient (Wildman–Crippen LogP) is 4.44. The van der Waals surface area contributed by atoms with Gasteiger partial charge in [0.1, 0.15) is 5.82 Å². The average Bonchev–Trinajstić information content (AvgIpc) is 2.47. The van der Waals surface area contributed by atoms with Crippen LogP contribution in [0.4, 0.5) is 17.2 Å². The molecule has 2 N–H and O–H groups in total. The van der Waals surface area contributed by atoms with Gasteiger partial charge < -0.3 is 5.32 Å². The Hall–Kier alpha value is -2.08. The van der Waals surface area contributed by atoms with E-state index in [0.29, 0.717) is 23.3 Å². The lowest BCUT2D eigenvalue weighted by molar-refractivity contribution is 0.607. The van der Waals surface area contributed by atoms with Crippen LogP contribution >= 0.6 is 0 Å². The highest BCUT2D eigenvalue weighted by Crippen LogP contribution is 2.34. The van der Waals surface area contributed by atoms with Gasteiger partial charge in [-0.05, 0) is 35.1 Å². The Bertz CT molecular complexity index is 771. The maximum absolute atomic E-state index is 11.3. The lowest BCUT2D eigenvalue weighted by Gasteiger charge is -2.20. The van der Waals surface area contributed by atoms with E-state index < -0.39 is 10.0 Å². The highest BCUT2D eigenvalue weighted by molar-refractivity contribution is 7.92. The average molecular weight is 347 g/mol. The summed E-state index contributed by atoms with van der Waals surface area (Å²) in [4.78, 5) is 4.32. The molecule has 1 aromatic carbocycles. The molecule has 0 bridgehead atoms. The largest absolute Gasteiger partial charge is 0.340 e. The molecule has 0 atom stereocenters. The van der Waals surface area contributed by atoms with Crippen molar-refractivity contribution in [3.05, 3.63) is 47.7 Å². The molecule has 0 unspecified atom stereocenters. The predicted molar refractivity (Wildman–Crippen MR) is 101 cm³/mol. The maximum Gasteiger partial charge on any atom is 0.229 e. The number of hydrogen-bond donors (Lipinski definition) is 2. The molecule has 0 saturated carbocycles. The molecular formula is C18H25N3O2S. The van der Waals surface area contributed by atoms with Crippen LogP contribution in [0.15, 0.2) is 36.5 Å². The summed E-state index contributed by atoms with van der Waals surface area (Å²) in [6, 6.07) is 9.80. The number of nitrogens with one attached hydrogen (secondary N) is 2. The number of aromatic nitrogens is 1. The fourth-order valence-electron chi connectivity index (χ4n) is 2.57. The SMILES string of the molecule is CC(C)c1cccc(C(C)C)c1Nc1ccc(NS(C)(=O)=O)cn1. The van der Waals surface area contributed by atoms with E-state index in [1.54, 1.807) is 12.1 Å². The topological polar surface area (TPSA) is 71.1 Å². The van der Waals surface area contributed by atoms with Crippen molar-refractivity contribution >= 4 is 27.2 Å². The zero-order valence-electron chi connectivity index (χ0n) is 14.8. The molecule has 5 nitrogen and oxygen atoms in total. The minimum atomic E-state index is -3.30. The Morgan fingerprint density at radius 1 is 0.958 bits per heavy atom. The molecule has 0 aliphatic heterocycles. The van der Waals surface area contributed by atoms with Crippen LogP contribution in [0.25, 0.3) is 0 Å². The second kappa shape index (κ2) is 7.21. The van der Waals surface area contributed by atoms with Gasteiger partial charge in [0.05, 0.1) is 18.1 Å². The van der Waals surface area contributed by atoms with E-state index in [0.717, 1.165) is 11.9 Å². The molecule has 0 fully saturated rings. The van der Waals surface area contributed by atoms with E-state index in [4.69, 9.17) is 0 Å². The van der Waals surface area contributed by atoms with Crippen LogP contribution in [0, 0.1) is 0 Å². The van der Waals surface area contributed by atoms with E-state index in [-0.39, 0.29) is 0 Å². The molecule has 1 heterocycles. The first-order chi connectivity index (χ1) is 11.2. The Kier molecular flexibility index (Phi) is 5.49. The fourth-order valence-corrected chi connectivity index (χ4v) is 3.11. The molecule has 0 aliphatic carbocycles. The molecule has 0 aliphatic rings. The number of pyridine rings is 1. The second-order valence-electron chi connectivity index (χ2n) is 6.55. The highest BCUT2D eigenvalue weighted by Gasteiger charge is 2.14. The molecule has 0 amide bonds. The maximum atomic E-state index is 11.3. The van der Waals surface area contributed by atoms with Crippen LogP contribution in [-0.4, -0.2) is 19.7 Å². The first-order valence-electron chi connectivity index (χ1n) is 8.01. The summed E-state index contributed by atoms with van der Waals surface area (Å²) in [7, 11) is -3.30. The fraction of sp³-hybridized carbons (Fsp3) is 0.389. The van der Waals surface area contributed by atoms with Crippen LogP contribution in [0.5, 0.6) is 0 Å². The molecular weight excluding hydrogens is 322 g/mol. The van der Waals surface area contributed by atoms with Gasteiger partial charge in [0.2, 0.25) is 10.0 Å². The number of nitrogens with zero attached hydrogens (tertiary/aromatic N) is 1. The number of hydrogen-bond acceptors (Lipinski definition) is 4. The lowest BCUT2D eigenvalue weighted by atomic mass is 9.92. The molecule has 6 heteroatoms. The normalized spacial score (nSPS) is 11.8. The highest BCUT2D eigenvalue weighted by atomic mass is 32.2. The summed E-state index contributed by atoms with van der Waals surface area (Å²) in [5.41, 5.74) is 4.01. The van der Waals surface area contributed by atoms with E-state index >= 15 is 0 Å². The van der Waals surface area contributed by atoms with Gasteiger partial charge in [-0.1, -0.05) is 45.9 Å². The van der Waals surface area contributed by atoms with Gasteiger partial charge in [0.25, 0.3) is 0 Å². The Morgan fingerprint density at radius 2 is 1.54 bits per heavy atom. The van der Waals surface area contributed by atoms with Crippen LogP contribution in [0.3, 0.4) is 0 Å². The van der Waals surface area contributed by atoms with Gasteiger partial charge in [-0.3, -0.25) is 4.72 Å². The summed E-state index contributed by atoms with van der Waals surface area (Å²) < 4.78 is 24.9. The summed E-state index contributed by atoms with van der Waals surface area (Å²) in [5, 5.41) is 3.41. The molecule has 24 heavy (non-hydrogen) atoms. The molecule has 0 saturated heterocycles. The van der Waals surface area contributed by atoms with Crippen molar-refractivity contribution in [1.82, 2.24) is 4.98 Å². The van der Waals surface area contributed by atoms with Crippen molar-refractivity contribution in [2.75, 3.05) is 16.3 Å². The molecule has 2 rings (SSSR count). The summed E-state index contributed by atoms with van der Waals surface area (Å²) in [6.07, 6.45) is 2.63. The van der Waals surface area contributed by atoms with Gasteiger partial charge in [-0.2, -0.15) is 0 Å². The standard InChI is InChI=1S/C18H25N3O2S/c1-12(2)15-7-6-8-16(13(3)4)18(15)20-17-10-9-14(11-19-17)21-24(5,22)23/h6-13,21H,1-5H3,(H,19,20). The second-order valence-corrected chi connectivity index (χ2v) is 8.30. The van der Waals surface area contributed by atoms with Crippen LogP contribution < -0.4 is 10.0 Å². The van der Waals surface area contributed by atoms with Crippen LogP contribution in [0.2, 0.25) is 0 Å². The number of para-hydroxylation sites is 1. The Labute approximate surface area is 144 Å². The van der Waals surface area contributed by atoms with Crippen LogP contribution in [0.1, 0.15) is 50.7 Å². The smallest absolute Gasteiger partial charge is 0.229 e. The van der Waals surface area contributed by atoms with Crippen LogP contribution in [-0.2, 0) is 10.0 Å². The zero-order valence-corrected chi connectivity index (χ0v) is 15.6. The number of sulfonamides is 1. The van der Waals surface area contributed by atoms with E-state index in [2.05, 4.69) is 60.9 Å². The van der Waals surface area contributed by atoms with E-state index in [1.807, 2.05) is 0 Å². The van der Waals surface area contributed by atoms with Gasteiger partial charge in [-0.15, -0.1) is 0 Å². The zero-order chi connectivity index (χ0) is 17.9. The van der Waals surface area contributed by atoms with Gasteiger partial charge in [0.15, 0.2) is 0 Å². The third kappa shape index (κ3) is 4.71. The first kappa shape index (κ1) is 18.3. The van der Waals surface area contributed by atoms with Crippen molar-refractivity contribution in [1.29, 1.82) is 0 Å². The minimum absolute atomic E-state index is 0.386. The van der Waals surface area contributed by atoms with E-state index in [9.17, 15) is 8.42 Å².